The summed E-state index contributed by atoms with van der Waals surface area (Å²) in [5, 5.41) is 17.6. The summed E-state index contributed by atoms with van der Waals surface area (Å²) in [4.78, 5) is 19.0. The number of carbonyl (C=O) groups is 1. The maximum atomic E-state index is 10.7. The number of carboxylic acid groups (broad SMARTS) is 1. The fourth-order valence-corrected chi connectivity index (χ4v) is 1.59. The van der Waals surface area contributed by atoms with Gasteiger partial charge in [-0.25, -0.2) is 9.78 Å². The van der Waals surface area contributed by atoms with Gasteiger partial charge in [0.25, 0.3) is 0 Å². The van der Waals surface area contributed by atoms with Crippen LogP contribution in [0.4, 0.5) is 4.79 Å². The van der Waals surface area contributed by atoms with Gasteiger partial charge in [-0.15, -0.1) is 0 Å². The van der Waals surface area contributed by atoms with Gasteiger partial charge in [0.2, 0.25) is 0 Å². The highest BCUT2D eigenvalue weighted by Crippen LogP contribution is 2.16. The van der Waals surface area contributed by atoms with Crippen LogP contribution in [-0.4, -0.2) is 37.7 Å². The largest absolute Gasteiger partial charge is 0.465 e. The minimum atomic E-state index is -0.921. The van der Waals surface area contributed by atoms with Crippen LogP contribution < -0.4 is 0 Å². The van der Waals surface area contributed by atoms with Gasteiger partial charge in [-0.3, -0.25) is 0 Å². The molecule has 14 heavy (non-hydrogen) atoms. The Hall–Kier alpha value is -1.56. The summed E-state index contributed by atoms with van der Waals surface area (Å²) in [6, 6.07) is 0. The second kappa shape index (κ2) is 3.30. The van der Waals surface area contributed by atoms with Crippen LogP contribution in [-0.2, 0) is 19.6 Å². The average Bonchev–Trinajstić information content (AvgIpc) is 2.58. The van der Waals surface area contributed by atoms with E-state index in [-0.39, 0.29) is 6.61 Å². The Labute approximate surface area is 80.2 Å². The van der Waals surface area contributed by atoms with E-state index in [4.69, 9.17) is 10.2 Å². The standard InChI is InChI=1S/C8H11N3O3/c12-4-7-9-5-1-2-11(8(13)14)3-6(5)10-7/h12H,1-4H2,(H,9,10)(H,13,14). The molecule has 0 spiro atoms. The molecule has 0 atom stereocenters. The number of fused-ring (bicyclic) bond motifs is 1. The zero-order chi connectivity index (χ0) is 10.1. The van der Waals surface area contributed by atoms with Gasteiger partial charge in [0.15, 0.2) is 0 Å². The van der Waals surface area contributed by atoms with E-state index in [1.54, 1.807) is 0 Å². The summed E-state index contributed by atoms with van der Waals surface area (Å²) < 4.78 is 0. The first kappa shape index (κ1) is 9.01. The van der Waals surface area contributed by atoms with Crippen molar-refractivity contribution in [2.45, 2.75) is 19.6 Å². The lowest BCUT2D eigenvalue weighted by Gasteiger charge is -2.22. The van der Waals surface area contributed by atoms with Crippen LogP contribution in [0.25, 0.3) is 0 Å². The van der Waals surface area contributed by atoms with Crippen LogP contribution in [0.15, 0.2) is 0 Å². The molecule has 3 N–H and O–H groups in total. The fourth-order valence-electron chi connectivity index (χ4n) is 1.59. The van der Waals surface area contributed by atoms with Crippen molar-refractivity contribution in [3.63, 3.8) is 0 Å². The van der Waals surface area contributed by atoms with Crippen LogP contribution in [0, 0.1) is 0 Å². The average molecular weight is 197 g/mol. The van der Waals surface area contributed by atoms with Crippen LogP contribution in [0.2, 0.25) is 0 Å². The number of aromatic nitrogens is 2. The van der Waals surface area contributed by atoms with E-state index in [1.807, 2.05) is 0 Å². The van der Waals surface area contributed by atoms with E-state index in [0.717, 1.165) is 11.4 Å². The molecule has 0 saturated carbocycles. The Morgan fingerprint density at radius 1 is 1.64 bits per heavy atom. The molecule has 76 valence electrons. The minimum Gasteiger partial charge on any atom is -0.465 e. The molecule has 1 aromatic rings. The molecule has 0 saturated heterocycles. The fraction of sp³-hybridized carbons (Fsp3) is 0.500. The predicted octanol–water partition coefficient (Wildman–Crippen LogP) is -0.0619. The highest BCUT2D eigenvalue weighted by atomic mass is 16.4. The van der Waals surface area contributed by atoms with E-state index in [0.29, 0.717) is 25.3 Å². The van der Waals surface area contributed by atoms with Crippen molar-refractivity contribution in [2.75, 3.05) is 6.54 Å². The van der Waals surface area contributed by atoms with Gasteiger partial charge in [0, 0.05) is 13.0 Å². The molecule has 6 nitrogen and oxygen atoms in total. The quantitative estimate of drug-likeness (QED) is 0.588. The molecule has 1 aliphatic heterocycles. The van der Waals surface area contributed by atoms with E-state index in [9.17, 15) is 4.79 Å². The highest BCUT2D eigenvalue weighted by molar-refractivity contribution is 5.65. The first-order chi connectivity index (χ1) is 6.70. The van der Waals surface area contributed by atoms with Crippen molar-refractivity contribution in [1.82, 2.24) is 14.9 Å². The van der Waals surface area contributed by atoms with Crippen molar-refractivity contribution < 1.29 is 15.0 Å². The monoisotopic (exact) mass is 197 g/mol. The molecule has 0 aromatic carbocycles. The van der Waals surface area contributed by atoms with Crippen LogP contribution in [0.3, 0.4) is 0 Å². The number of aliphatic hydroxyl groups excluding tert-OH is 1. The van der Waals surface area contributed by atoms with Crippen molar-refractivity contribution in [3.8, 4) is 0 Å². The molecule has 2 rings (SSSR count). The van der Waals surface area contributed by atoms with Crippen molar-refractivity contribution >= 4 is 6.09 Å². The third-order valence-corrected chi connectivity index (χ3v) is 2.30. The summed E-state index contributed by atoms with van der Waals surface area (Å²) in [6.45, 7) is 0.662. The molecule has 6 heteroatoms. The summed E-state index contributed by atoms with van der Waals surface area (Å²) in [7, 11) is 0. The van der Waals surface area contributed by atoms with Gasteiger partial charge in [-0.1, -0.05) is 0 Å². The second-order valence-electron chi connectivity index (χ2n) is 3.22. The summed E-state index contributed by atoms with van der Waals surface area (Å²) in [5.41, 5.74) is 1.66. The number of aromatic amines is 1. The number of amides is 1. The molecule has 1 amide bonds. The number of hydrogen-bond donors (Lipinski definition) is 3. The normalized spacial score (nSPS) is 15.4. The SMILES string of the molecule is O=C(O)N1CCc2nc(CO)[nH]c2C1. The molecule has 2 heterocycles. The predicted molar refractivity (Wildman–Crippen MR) is 46.6 cm³/mol. The Bertz CT molecular complexity index is 361. The van der Waals surface area contributed by atoms with E-state index in [1.165, 1.54) is 4.90 Å². The van der Waals surface area contributed by atoms with Gasteiger partial charge in [-0.05, 0) is 0 Å². The molecular weight excluding hydrogens is 186 g/mol. The maximum Gasteiger partial charge on any atom is 0.407 e. The Kier molecular flexibility index (Phi) is 2.12. The first-order valence-electron chi connectivity index (χ1n) is 4.36. The van der Waals surface area contributed by atoms with Gasteiger partial charge in [0.1, 0.15) is 12.4 Å². The smallest absolute Gasteiger partial charge is 0.407 e. The molecule has 0 bridgehead atoms. The Morgan fingerprint density at radius 2 is 2.43 bits per heavy atom. The van der Waals surface area contributed by atoms with Crippen molar-refractivity contribution in [1.29, 1.82) is 0 Å². The van der Waals surface area contributed by atoms with Gasteiger partial charge in [0.05, 0.1) is 17.9 Å². The Balaban J connectivity index is 2.21. The lowest BCUT2D eigenvalue weighted by molar-refractivity contribution is 0.139. The lowest BCUT2D eigenvalue weighted by Crippen LogP contribution is -2.34. The number of nitrogens with zero attached hydrogens (tertiary/aromatic N) is 2. The Morgan fingerprint density at radius 3 is 3.07 bits per heavy atom. The molecule has 0 fully saturated rings. The summed E-state index contributed by atoms with van der Waals surface area (Å²) in [6.07, 6.45) is -0.311. The molecule has 1 aromatic heterocycles. The topological polar surface area (TPSA) is 89.4 Å². The first-order valence-corrected chi connectivity index (χ1v) is 4.36. The molecule has 0 radical (unpaired) electrons. The third-order valence-electron chi connectivity index (χ3n) is 2.30. The summed E-state index contributed by atoms with van der Waals surface area (Å²) >= 11 is 0. The highest BCUT2D eigenvalue weighted by Gasteiger charge is 2.22. The van der Waals surface area contributed by atoms with Gasteiger partial charge < -0.3 is 20.1 Å². The van der Waals surface area contributed by atoms with Crippen LogP contribution in [0.1, 0.15) is 17.2 Å². The number of rotatable bonds is 1. The molecule has 0 aliphatic carbocycles. The number of nitrogens with one attached hydrogen (secondary N) is 1. The number of imidazole rings is 1. The van der Waals surface area contributed by atoms with Crippen LogP contribution >= 0.6 is 0 Å². The number of aliphatic hydroxyl groups is 1. The van der Waals surface area contributed by atoms with Crippen LogP contribution in [0.5, 0.6) is 0 Å². The molecule has 0 unspecified atom stereocenters. The summed E-state index contributed by atoms with van der Waals surface area (Å²) in [5.74, 6) is 0.502. The number of hydrogen-bond acceptors (Lipinski definition) is 3. The third kappa shape index (κ3) is 1.44. The van der Waals surface area contributed by atoms with Crippen molar-refractivity contribution in [2.24, 2.45) is 0 Å². The van der Waals surface area contributed by atoms with E-state index >= 15 is 0 Å². The van der Waals surface area contributed by atoms with E-state index < -0.39 is 6.09 Å². The van der Waals surface area contributed by atoms with Crippen molar-refractivity contribution in [3.05, 3.63) is 17.2 Å². The maximum absolute atomic E-state index is 10.7. The zero-order valence-electron chi connectivity index (χ0n) is 7.53. The van der Waals surface area contributed by atoms with E-state index in [2.05, 4.69) is 9.97 Å². The zero-order valence-corrected chi connectivity index (χ0v) is 7.53. The molecule has 1 aliphatic rings. The van der Waals surface area contributed by atoms with Gasteiger partial charge >= 0.3 is 6.09 Å². The second-order valence-corrected chi connectivity index (χ2v) is 3.22. The van der Waals surface area contributed by atoms with Gasteiger partial charge in [-0.2, -0.15) is 0 Å². The lowest BCUT2D eigenvalue weighted by atomic mass is 10.1. The number of H-pyrrole nitrogens is 1. The molecular formula is C8H11N3O3. The minimum absolute atomic E-state index is 0.139.